The van der Waals surface area contributed by atoms with E-state index in [9.17, 15) is 4.79 Å². The van der Waals surface area contributed by atoms with Gasteiger partial charge < -0.3 is 15.8 Å². The molecule has 1 aliphatic heterocycles. The Balaban J connectivity index is 2.18. The van der Waals surface area contributed by atoms with E-state index in [4.69, 9.17) is 5.73 Å². The summed E-state index contributed by atoms with van der Waals surface area (Å²) in [6, 6.07) is 5.72. The summed E-state index contributed by atoms with van der Waals surface area (Å²) in [7, 11) is 1.41. The van der Waals surface area contributed by atoms with Gasteiger partial charge in [-0.2, -0.15) is 0 Å². The molecular weight excluding hydrogens is 192 g/mol. The molecule has 1 aliphatic rings. The van der Waals surface area contributed by atoms with Crippen LogP contribution in [-0.4, -0.2) is 19.6 Å². The molecule has 0 saturated heterocycles. The van der Waals surface area contributed by atoms with Gasteiger partial charge in [-0.05, 0) is 17.7 Å². The van der Waals surface area contributed by atoms with Gasteiger partial charge in [0.15, 0.2) is 0 Å². The van der Waals surface area contributed by atoms with Crippen molar-refractivity contribution < 1.29 is 9.53 Å². The van der Waals surface area contributed by atoms with Crippen molar-refractivity contribution in [2.75, 3.05) is 24.7 Å². The summed E-state index contributed by atoms with van der Waals surface area (Å²) < 4.78 is 4.66. The number of nitrogens with one attached hydrogen (secondary N) is 1. The summed E-state index contributed by atoms with van der Waals surface area (Å²) in [5, 5.41) is 3.23. The maximum absolute atomic E-state index is 11.2. The molecule has 0 radical (unpaired) electrons. The first-order valence-corrected chi connectivity index (χ1v) is 4.91. The zero-order valence-electron chi connectivity index (χ0n) is 8.62. The number of methoxy groups -OCH3 is 1. The van der Waals surface area contributed by atoms with E-state index < -0.39 is 0 Å². The number of ether oxygens (including phenoxy) is 1. The molecule has 15 heavy (non-hydrogen) atoms. The van der Waals surface area contributed by atoms with Crippen molar-refractivity contribution in [3.05, 3.63) is 23.8 Å². The Morgan fingerprint density at radius 3 is 3.20 bits per heavy atom. The molecule has 0 aliphatic carbocycles. The second-order valence-corrected chi connectivity index (χ2v) is 3.70. The van der Waals surface area contributed by atoms with E-state index in [1.165, 1.54) is 7.11 Å². The maximum Gasteiger partial charge on any atom is 0.306 e. The number of hydrogen-bond donors (Lipinski definition) is 2. The minimum atomic E-state index is -0.175. The molecule has 0 aromatic heterocycles. The van der Waals surface area contributed by atoms with Gasteiger partial charge in [0.1, 0.15) is 0 Å². The zero-order chi connectivity index (χ0) is 10.8. The summed E-state index contributed by atoms with van der Waals surface area (Å²) in [6.07, 6.45) is 0.417. The quantitative estimate of drug-likeness (QED) is 0.566. The van der Waals surface area contributed by atoms with Crippen LogP contribution in [0.1, 0.15) is 17.9 Å². The SMILES string of the molecule is COC(=O)CC1CNc2cc(N)ccc21. The number of nitrogens with two attached hydrogens (primary N) is 1. The van der Waals surface area contributed by atoms with Crippen molar-refractivity contribution in [1.29, 1.82) is 0 Å². The van der Waals surface area contributed by atoms with Gasteiger partial charge in [0.05, 0.1) is 13.5 Å². The highest BCUT2D eigenvalue weighted by molar-refractivity contribution is 5.73. The van der Waals surface area contributed by atoms with E-state index in [0.717, 1.165) is 23.5 Å². The number of benzene rings is 1. The molecule has 4 nitrogen and oxygen atoms in total. The first kappa shape index (κ1) is 9.83. The van der Waals surface area contributed by atoms with Crippen molar-refractivity contribution in [1.82, 2.24) is 0 Å². The predicted octanol–water partition coefficient (Wildman–Crippen LogP) is 1.34. The van der Waals surface area contributed by atoms with Gasteiger partial charge in [0.25, 0.3) is 0 Å². The summed E-state index contributed by atoms with van der Waals surface area (Å²) in [4.78, 5) is 11.2. The molecule has 4 heteroatoms. The Kier molecular flexibility index (Phi) is 2.49. The average molecular weight is 206 g/mol. The lowest BCUT2D eigenvalue weighted by atomic mass is 9.98. The Bertz CT molecular complexity index is 390. The minimum Gasteiger partial charge on any atom is -0.469 e. The zero-order valence-corrected chi connectivity index (χ0v) is 8.62. The topological polar surface area (TPSA) is 64.3 Å². The fourth-order valence-corrected chi connectivity index (χ4v) is 1.89. The number of anilines is 2. The molecule has 1 heterocycles. The van der Waals surface area contributed by atoms with E-state index in [1.54, 1.807) is 0 Å². The number of carbonyl (C=O) groups is 1. The molecular formula is C11H14N2O2. The third-order valence-electron chi connectivity index (χ3n) is 2.70. The molecule has 80 valence electrons. The average Bonchev–Trinajstić information content (AvgIpc) is 2.60. The molecule has 0 fully saturated rings. The third kappa shape index (κ3) is 1.88. The van der Waals surface area contributed by atoms with Crippen LogP contribution < -0.4 is 11.1 Å². The fraction of sp³-hybridized carbons (Fsp3) is 0.364. The van der Waals surface area contributed by atoms with Crippen molar-refractivity contribution in [2.45, 2.75) is 12.3 Å². The highest BCUT2D eigenvalue weighted by atomic mass is 16.5. The van der Waals surface area contributed by atoms with Gasteiger partial charge in [-0.25, -0.2) is 0 Å². The van der Waals surface area contributed by atoms with Crippen molar-refractivity contribution in [3.8, 4) is 0 Å². The Hall–Kier alpha value is -1.71. The minimum absolute atomic E-state index is 0.175. The Morgan fingerprint density at radius 1 is 1.67 bits per heavy atom. The summed E-state index contributed by atoms with van der Waals surface area (Å²) in [6.45, 7) is 0.772. The van der Waals surface area contributed by atoms with Crippen LogP contribution in [0.2, 0.25) is 0 Å². The standard InChI is InChI=1S/C11H14N2O2/c1-15-11(14)4-7-6-13-10-5-8(12)2-3-9(7)10/h2-3,5,7,13H,4,6,12H2,1H3. The fourth-order valence-electron chi connectivity index (χ4n) is 1.89. The van der Waals surface area contributed by atoms with Crippen LogP contribution in [0, 0.1) is 0 Å². The monoisotopic (exact) mass is 206 g/mol. The van der Waals surface area contributed by atoms with Crippen LogP contribution >= 0.6 is 0 Å². The molecule has 1 aromatic carbocycles. The first-order valence-electron chi connectivity index (χ1n) is 4.91. The molecule has 1 atom stereocenters. The number of hydrogen-bond acceptors (Lipinski definition) is 4. The molecule has 3 N–H and O–H groups in total. The predicted molar refractivity (Wildman–Crippen MR) is 58.7 cm³/mol. The lowest BCUT2D eigenvalue weighted by Crippen LogP contribution is -2.10. The molecule has 1 unspecified atom stereocenters. The van der Waals surface area contributed by atoms with E-state index in [1.807, 2.05) is 18.2 Å². The number of carbonyl (C=O) groups excluding carboxylic acids is 1. The lowest BCUT2D eigenvalue weighted by molar-refractivity contribution is -0.140. The van der Waals surface area contributed by atoms with Crippen molar-refractivity contribution in [3.63, 3.8) is 0 Å². The van der Waals surface area contributed by atoms with Gasteiger partial charge in [-0.3, -0.25) is 4.79 Å². The van der Waals surface area contributed by atoms with Crippen LogP contribution in [0.3, 0.4) is 0 Å². The van der Waals surface area contributed by atoms with E-state index in [2.05, 4.69) is 10.1 Å². The van der Waals surface area contributed by atoms with Crippen molar-refractivity contribution in [2.24, 2.45) is 0 Å². The summed E-state index contributed by atoms with van der Waals surface area (Å²) in [5.74, 6) is 0.0273. The molecule has 0 amide bonds. The first-order chi connectivity index (χ1) is 7.20. The highest BCUT2D eigenvalue weighted by Crippen LogP contribution is 2.34. The van der Waals surface area contributed by atoms with Gasteiger partial charge in [0.2, 0.25) is 0 Å². The molecule has 0 saturated carbocycles. The summed E-state index contributed by atoms with van der Waals surface area (Å²) in [5.41, 5.74) is 8.59. The second-order valence-electron chi connectivity index (χ2n) is 3.70. The number of nitrogen functional groups attached to an aromatic ring is 1. The van der Waals surface area contributed by atoms with E-state index in [0.29, 0.717) is 6.42 Å². The van der Waals surface area contributed by atoms with Crippen molar-refractivity contribution >= 4 is 17.3 Å². The highest BCUT2D eigenvalue weighted by Gasteiger charge is 2.24. The van der Waals surface area contributed by atoms with Crippen LogP contribution in [0.15, 0.2) is 18.2 Å². The normalized spacial score (nSPS) is 18.1. The van der Waals surface area contributed by atoms with Crippen LogP contribution in [0.4, 0.5) is 11.4 Å². The maximum atomic E-state index is 11.2. The molecule has 1 aromatic rings. The van der Waals surface area contributed by atoms with Crippen LogP contribution in [-0.2, 0) is 9.53 Å². The lowest BCUT2D eigenvalue weighted by Gasteiger charge is -2.08. The van der Waals surface area contributed by atoms with Gasteiger partial charge in [-0.1, -0.05) is 6.07 Å². The van der Waals surface area contributed by atoms with E-state index in [-0.39, 0.29) is 11.9 Å². The van der Waals surface area contributed by atoms with E-state index >= 15 is 0 Å². The van der Waals surface area contributed by atoms with Crippen LogP contribution in [0.25, 0.3) is 0 Å². The Labute approximate surface area is 88.4 Å². The molecule has 0 bridgehead atoms. The molecule has 2 rings (SSSR count). The number of rotatable bonds is 2. The van der Waals surface area contributed by atoms with Crippen LogP contribution in [0.5, 0.6) is 0 Å². The largest absolute Gasteiger partial charge is 0.469 e. The summed E-state index contributed by atoms with van der Waals surface area (Å²) >= 11 is 0. The smallest absolute Gasteiger partial charge is 0.306 e. The number of fused-ring (bicyclic) bond motifs is 1. The Morgan fingerprint density at radius 2 is 2.47 bits per heavy atom. The third-order valence-corrected chi connectivity index (χ3v) is 2.70. The van der Waals surface area contributed by atoms with Gasteiger partial charge in [-0.15, -0.1) is 0 Å². The molecule has 0 spiro atoms. The second kappa shape index (κ2) is 3.81. The van der Waals surface area contributed by atoms with Gasteiger partial charge >= 0.3 is 5.97 Å². The number of esters is 1. The van der Waals surface area contributed by atoms with Gasteiger partial charge in [0, 0.05) is 23.8 Å².